The van der Waals surface area contributed by atoms with E-state index >= 15 is 0 Å². The first-order valence-electron chi connectivity index (χ1n) is 10.2. The molecule has 1 aliphatic carbocycles. The topological polar surface area (TPSA) is 66.9 Å². The highest BCUT2D eigenvalue weighted by molar-refractivity contribution is 7.99. The summed E-state index contributed by atoms with van der Waals surface area (Å²) < 4.78 is 0. The highest BCUT2D eigenvalue weighted by atomic mass is 32.2. The Labute approximate surface area is 175 Å². The molecule has 0 unspecified atom stereocenters. The van der Waals surface area contributed by atoms with Gasteiger partial charge >= 0.3 is 0 Å². The van der Waals surface area contributed by atoms with E-state index in [2.05, 4.69) is 21.7 Å². The summed E-state index contributed by atoms with van der Waals surface area (Å²) in [5.41, 5.74) is 2.00. The summed E-state index contributed by atoms with van der Waals surface area (Å²) in [5, 5.41) is 8.26. The van der Waals surface area contributed by atoms with Crippen LogP contribution in [0.2, 0.25) is 0 Å². The third kappa shape index (κ3) is 5.48. The molecule has 0 saturated heterocycles. The average molecular weight is 407 g/mol. The van der Waals surface area contributed by atoms with Crippen LogP contribution in [0.5, 0.6) is 0 Å². The Kier molecular flexibility index (Phi) is 6.62. The Bertz CT molecular complexity index is 958. The molecule has 1 aromatic heterocycles. The number of amides is 1. The van der Waals surface area contributed by atoms with Crippen molar-refractivity contribution in [2.75, 3.05) is 11.1 Å². The molecule has 2 aromatic carbocycles. The summed E-state index contributed by atoms with van der Waals surface area (Å²) in [5.74, 6) is 1.17. The smallest absolute Gasteiger partial charge is 0.230 e. The lowest BCUT2D eigenvalue weighted by Gasteiger charge is -2.24. The van der Waals surface area contributed by atoms with Crippen LogP contribution in [0.15, 0.2) is 59.8 Å². The van der Waals surface area contributed by atoms with Gasteiger partial charge in [-0.2, -0.15) is 0 Å². The molecular weight excluding hydrogens is 380 g/mol. The van der Waals surface area contributed by atoms with Crippen LogP contribution in [0.3, 0.4) is 0 Å². The maximum atomic E-state index is 12.3. The third-order valence-electron chi connectivity index (χ3n) is 5.19. The molecule has 2 N–H and O–H groups in total. The van der Waals surface area contributed by atoms with Gasteiger partial charge in [0.1, 0.15) is 5.82 Å². The van der Waals surface area contributed by atoms with E-state index in [-0.39, 0.29) is 5.91 Å². The van der Waals surface area contributed by atoms with Crippen molar-refractivity contribution in [2.45, 2.75) is 49.8 Å². The fourth-order valence-electron chi connectivity index (χ4n) is 3.65. The fourth-order valence-corrected chi connectivity index (χ4v) is 4.33. The normalized spacial score (nSPS) is 14.6. The number of hydrogen-bond donors (Lipinski definition) is 2. The van der Waals surface area contributed by atoms with Crippen LogP contribution >= 0.6 is 11.8 Å². The van der Waals surface area contributed by atoms with Gasteiger partial charge in [-0.3, -0.25) is 4.79 Å². The summed E-state index contributed by atoms with van der Waals surface area (Å²) in [6.07, 6.45) is 6.22. The second-order valence-corrected chi connectivity index (χ2v) is 8.34. The van der Waals surface area contributed by atoms with E-state index < -0.39 is 0 Å². The summed E-state index contributed by atoms with van der Waals surface area (Å²) in [4.78, 5) is 21.6. The average Bonchev–Trinajstić information content (AvgIpc) is 2.78. The Balaban J connectivity index is 1.42. The number of nitrogens with one attached hydrogen (secondary N) is 2. The maximum Gasteiger partial charge on any atom is 0.230 e. The van der Waals surface area contributed by atoms with Gasteiger partial charge in [0.15, 0.2) is 5.16 Å². The molecule has 0 spiro atoms. The second-order valence-electron chi connectivity index (χ2n) is 7.40. The minimum atomic E-state index is -0.0163. The van der Waals surface area contributed by atoms with Gasteiger partial charge in [0, 0.05) is 18.0 Å². The van der Waals surface area contributed by atoms with Gasteiger partial charge in [-0.1, -0.05) is 73.5 Å². The number of para-hydroxylation sites is 1. The standard InChI is InChI=1S/C23H26N4OS/c28-21(24-15-17-9-3-1-4-10-17)16-29-23-26-20-14-8-7-13-19(20)22(27-23)25-18-11-5-2-6-12-18/h1,3-4,7-10,13-14,18H,2,5-6,11-12,15-16H2,(H,24,28)(H,25,26,27). The first-order valence-corrected chi connectivity index (χ1v) is 11.2. The van der Waals surface area contributed by atoms with Crippen molar-refractivity contribution >= 4 is 34.4 Å². The van der Waals surface area contributed by atoms with Crippen LogP contribution in [0.4, 0.5) is 5.82 Å². The molecule has 0 aliphatic heterocycles. The summed E-state index contributed by atoms with van der Waals surface area (Å²) in [6.45, 7) is 0.535. The van der Waals surface area contributed by atoms with Crippen LogP contribution in [0, 0.1) is 0 Å². The first-order chi connectivity index (χ1) is 14.3. The van der Waals surface area contributed by atoms with Gasteiger partial charge < -0.3 is 10.6 Å². The molecular formula is C23H26N4OS. The largest absolute Gasteiger partial charge is 0.367 e. The molecule has 5 nitrogen and oxygen atoms in total. The van der Waals surface area contributed by atoms with Gasteiger partial charge in [0.05, 0.1) is 11.3 Å². The quantitative estimate of drug-likeness (QED) is 0.436. The Morgan fingerprint density at radius 3 is 2.55 bits per heavy atom. The number of rotatable bonds is 7. The minimum Gasteiger partial charge on any atom is -0.367 e. The van der Waals surface area contributed by atoms with E-state index in [1.54, 1.807) is 0 Å². The fraction of sp³-hybridized carbons (Fsp3) is 0.348. The zero-order chi connectivity index (χ0) is 19.9. The SMILES string of the molecule is O=C(CSc1nc(NC2CCCCC2)c2ccccc2n1)NCc1ccccc1. The number of aromatic nitrogens is 2. The zero-order valence-corrected chi connectivity index (χ0v) is 17.3. The Morgan fingerprint density at radius 2 is 1.72 bits per heavy atom. The number of nitrogens with zero attached hydrogens (tertiary/aromatic N) is 2. The molecule has 6 heteroatoms. The number of anilines is 1. The molecule has 0 bridgehead atoms. The van der Waals surface area contributed by atoms with Gasteiger partial charge in [-0.15, -0.1) is 0 Å². The van der Waals surface area contributed by atoms with Crippen molar-refractivity contribution in [1.82, 2.24) is 15.3 Å². The van der Waals surface area contributed by atoms with E-state index in [1.807, 2.05) is 48.5 Å². The summed E-state index contributed by atoms with van der Waals surface area (Å²) >= 11 is 1.38. The Hall–Kier alpha value is -2.60. The van der Waals surface area contributed by atoms with E-state index in [4.69, 9.17) is 4.98 Å². The molecule has 1 saturated carbocycles. The summed E-state index contributed by atoms with van der Waals surface area (Å²) in [6, 6.07) is 18.4. The van der Waals surface area contributed by atoms with Crippen molar-refractivity contribution in [1.29, 1.82) is 0 Å². The van der Waals surface area contributed by atoms with E-state index in [0.29, 0.717) is 23.5 Å². The third-order valence-corrected chi connectivity index (χ3v) is 6.04. The monoisotopic (exact) mass is 406 g/mol. The molecule has 1 heterocycles. The van der Waals surface area contributed by atoms with Gasteiger partial charge in [-0.05, 0) is 30.5 Å². The second kappa shape index (κ2) is 9.74. The molecule has 1 amide bonds. The van der Waals surface area contributed by atoms with Gasteiger partial charge in [-0.25, -0.2) is 9.97 Å². The number of carbonyl (C=O) groups is 1. The first kappa shape index (κ1) is 19.7. The predicted octanol–water partition coefficient (Wildman–Crippen LogP) is 4.78. The number of thioether (sulfide) groups is 1. The van der Waals surface area contributed by atoms with E-state index in [9.17, 15) is 4.79 Å². The molecule has 3 aromatic rings. The van der Waals surface area contributed by atoms with E-state index in [1.165, 1.54) is 43.9 Å². The lowest BCUT2D eigenvalue weighted by Crippen LogP contribution is -2.25. The van der Waals surface area contributed by atoms with Crippen LogP contribution < -0.4 is 10.6 Å². The molecule has 0 atom stereocenters. The molecule has 1 fully saturated rings. The zero-order valence-electron chi connectivity index (χ0n) is 16.4. The summed E-state index contributed by atoms with van der Waals surface area (Å²) in [7, 11) is 0. The number of carbonyl (C=O) groups excluding carboxylic acids is 1. The highest BCUT2D eigenvalue weighted by Crippen LogP contribution is 2.27. The molecule has 150 valence electrons. The lowest BCUT2D eigenvalue weighted by atomic mass is 9.95. The number of fused-ring (bicyclic) bond motifs is 1. The van der Waals surface area contributed by atoms with Gasteiger partial charge in [0.25, 0.3) is 0 Å². The van der Waals surface area contributed by atoms with Crippen molar-refractivity contribution < 1.29 is 4.79 Å². The molecule has 29 heavy (non-hydrogen) atoms. The van der Waals surface area contributed by atoms with Crippen molar-refractivity contribution in [3.8, 4) is 0 Å². The van der Waals surface area contributed by atoms with Crippen LogP contribution in [0.25, 0.3) is 10.9 Å². The molecule has 1 aliphatic rings. The molecule has 0 radical (unpaired) electrons. The predicted molar refractivity (Wildman–Crippen MR) is 119 cm³/mol. The Morgan fingerprint density at radius 1 is 0.966 bits per heavy atom. The lowest BCUT2D eigenvalue weighted by molar-refractivity contribution is -0.118. The van der Waals surface area contributed by atoms with Crippen molar-refractivity contribution in [3.63, 3.8) is 0 Å². The van der Waals surface area contributed by atoms with E-state index in [0.717, 1.165) is 22.3 Å². The molecule has 4 rings (SSSR count). The van der Waals surface area contributed by atoms with Crippen LogP contribution in [-0.4, -0.2) is 27.7 Å². The van der Waals surface area contributed by atoms with Crippen LogP contribution in [-0.2, 0) is 11.3 Å². The van der Waals surface area contributed by atoms with Gasteiger partial charge in [0.2, 0.25) is 5.91 Å². The number of benzene rings is 2. The number of hydrogen-bond acceptors (Lipinski definition) is 5. The van der Waals surface area contributed by atoms with Crippen molar-refractivity contribution in [2.24, 2.45) is 0 Å². The van der Waals surface area contributed by atoms with Crippen molar-refractivity contribution in [3.05, 3.63) is 60.2 Å². The highest BCUT2D eigenvalue weighted by Gasteiger charge is 2.16. The maximum absolute atomic E-state index is 12.3. The minimum absolute atomic E-state index is 0.0163. The van der Waals surface area contributed by atoms with Crippen LogP contribution in [0.1, 0.15) is 37.7 Å².